The van der Waals surface area contributed by atoms with Crippen LogP contribution < -0.4 is 10.1 Å². The molecule has 4 rings (SSSR count). The quantitative estimate of drug-likeness (QED) is 0.393. The third-order valence-electron chi connectivity index (χ3n) is 4.24. The summed E-state index contributed by atoms with van der Waals surface area (Å²) in [5.41, 5.74) is -1.53. The summed E-state index contributed by atoms with van der Waals surface area (Å²) < 4.78 is 100. The van der Waals surface area contributed by atoms with Crippen molar-refractivity contribution in [2.75, 3.05) is 5.32 Å². The Bertz CT molecular complexity index is 1250. The van der Waals surface area contributed by atoms with E-state index in [1.54, 1.807) is 0 Å². The van der Waals surface area contributed by atoms with Gasteiger partial charge in [0.25, 0.3) is 0 Å². The van der Waals surface area contributed by atoms with E-state index in [1.165, 1.54) is 12.1 Å². The van der Waals surface area contributed by atoms with Crippen LogP contribution in [0.15, 0.2) is 40.8 Å². The maximum Gasteiger partial charge on any atom is 0.573 e. The second-order valence-electron chi connectivity index (χ2n) is 6.44. The summed E-state index contributed by atoms with van der Waals surface area (Å²) in [4.78, 5) is 0. The number of fused-ring (bicyclic) bond motifs is 1. The number of hydrogen-bond donors (Lipinski definition) is 2. The van der Waals surface area contributed by atoms with Gasteiger partial charge in [-0.1, -0.05) is 0 Å². The number of halogens is 7. The second kappa shape index (κ2) is 7.69. The third-order valence-corrected chi connectivity index (χ3v) is 4.24. The minimum Gasteiger partial charge on any atom is -0.453 e. The molecule has 2 aromatic carbocycles. The number of hydrogen-bond acceptors (Lipinski definition) is 6. The van der Waals surface area contributed by atoms with Gasteiger partial charge in [0.05, 0.1) is 5.56 Å². The zero-order valence-electron chi connectivity index (χ0n) is 15.5. The molecule has 168 valence electrons. The smallest absolute Gasteiger partial charge is 0.453 e. The van der Waals surface area contributed by atoms with Gasteiger partial charge in [0.1, 0.15) is 17.1 Å². The van der Waals surface area contributed by atoms with Crippen LogP contribution in [0.3, 0.4) is 0 Å². The number of rotatable bonds is 5. The fourth-order valence-electron chi connectivity index (χ4n) is 2.89. The minimum atomic E-state index is -5.29. The van der Waals surface area contributed by atoms with E-state index in [1.807, 2.05) is 0 Å². The molecule has 0 saturated heterocycles. The van der Waals surface area contributed by atoms with Crippen molar-refractivity contribution < 1.29 is 39.9 Å². The van der Waals surface area contributed by atoms with E-state index in [2.05, 4.69) is 30.7 Å². The number of anilines is 1. The molecule has 0 radical (unpaired) electrons. The highest BCUT2D eigenvalue weighted by molar-refractivity contribution is 5.82. The minimum absolute atomic E-state index is 0.0377. The van der Waals surface area contributed by atoms with Crippen molar-refractivity contribution in [1.29, 1.82) is 0 Å². The van der Waals surface area contributed by atoms with Crippen LogP contribution in [0.4, 0.5) is 36.4 Å². The van der Waals surface area contributed by atoms with Crippen LogP contribution >= 0.6 is 0 Å². The van der Waals surface area contributed by atoms with Crippen LogP contribution in [0.1, 0.15) is 11.1 Å². The first-order valence-corrected chi connectivity index (χ1v) is 8.66. The lowest BCUT2D eigenvalue weighted by Gasteiger charge is -2.17. The summed E-state index contributed by atoms with van der Waals surface area (Å²) in [5, 5.41) is 16.0. The molecule has 0 aliphatic rings. The molecule has 0 saturated carbocycles. The number of aromatic nitrogens is 4. The zero-order valence-corrected chi connectivity index (χ0v) is 15.5. The molecular formula is C18H10F7N5O2. The van der Waals surface area contributed by atoms with Crippen molar-refractivity contribution in [3.8, 4) is 17.3 Å². The number of nitrogens with zero attached hydrogens (tertiary/aromatic N) is 3. The molecule has 14 heteroatoms. The molecule has 0 spiro atoms. The molecule has 0 atom stereocenters. The molecule has 2 N–H and O–H groups in total. The average Bonchev–Trinajstić information content (AvgIpc) is 3.34. The van der Waals surface area contributed by atoms with Crippen molar-refractivity contribution in [3.05, 3.63) is 53.3 Å². The van der Waals surface area contributed by atoms with E-state index < -0.39 is 29.7 Å². The maximum atomic E-state index is 14.4. The molecule has 0 aliphatic carbocycles. The van der Waals surface area contributed by atoms with Crippen LogP contribution in [0.25, 0.3) is 22.6 Å². The van der Waals surface area contributed by atoms with Crippen molar-refractivity contribution >= 4 is 16.7 Å². The summed E-state index contributed by atoms with van der Waals surface area (Å²) in [6.45, 7) is -0.281. The predicted octanol–water partition coefficient (Wildman–Crippen LogP) is 5.28. The first kappa shape index (κ1) is 21.4. The zero-order chi connectivity index (χ0) is 23.1. The molecule has 0 bridgehead atoms. The van der Waals surface area contributed by atoms with Gasteiger partial charge < -0.3 is 14.5 Å². The SMILES string of the molecule is Fc1cc2cc(-c3nn[nH]n3)oc2cc1CNc1ccc(OC(F)(F)F)c(C(F)(F)F)c1. The Kier molecular flexibility index (Phi) is 5.14. The van der Waals surface area contributed by atoms with Gasteiger partial charge in [-0.25, -0.2) is 4.39 Å². The van der Waals surface area contributed by atoms with Gasteiger partial charge in [0, 0.05) is 23.2 Å². The summed E-state index contributed by atoms with van der Waals surface area (Å²) >= 11 is 0. The van der Waals surface area contributed by atoms with E-state index in [9.17, 15) is 30.7 Å². The Morgan fingerprint density at radius 3 is 2.47 bits per heavy atom. The Hall–Kier alpha value is -3.84. The van der Waals surface area contributed by atoms with E-state index >= 15 is 0 Å². The standard InChI is InChI=1S/C18H10F7N5O2/c19-12-3-8-4-15(16-27-29-30-28-16)31-14(8)5-9(12)7-26-10-1-2-13(32-18(23,24)25)11(6-10)17(20,21)22/h1-6,26H,7H2,(H,27,28,29,30). The second-order valence-corrected chi connectivity index (χ2v) is 6.44. The highest BCUT2D eigenvalue weighted by atomic mass is 19.4. The highest BCUT2D eigenvalue weighted by Crippen LogP contribution is 2.40. The maximum absolute atomic E-state index is 14.4. The Morgan fingerprint density at radius 1 is 1.03 bits per heavy atom. The molecule has 7 nitrogen and oxygen atoms in total. The topological polar surface area (TPSA) is 88.9 Å². The number of alkyl halides is 6. The molecule has 0 amide bonds. The lowest BCUT2D eigenvalue weighted by Crippen LogP contribution is -2.20. The number of furan rings is 1. The monoisotopic (exact) mass is 461 g/mol. The molecule has 0 aliphatic heterocycles. The van der Waals surface area contributed by atoms with E-state index in [0.717, 1.165) is 12.1 Å². The van der Waals surface area contributed by atoms with Crippen LogP contribution in [-0.2, 0) is 12.7 Å². The summed E-state index contributed by atoms with van der Waals surface area (Å²) in [6.07, 6.45) is -10.4. The van der Waals surface area contributed by atoms with Crippen molar-refractivity contribution in [2.45, 2.75) is 19.1 Å². The van der Waals surface area contributed by atoms with Crippen LogP contribution in [-0.4, -0.2) is 27.0 Å². The summed E-state index contributed by atoms with van der Waals surface area (Å²) in [7, 11) is 0. The van der Waals surface area contributed by atoms with Gasteiger partial charge in [0.15, 0.2) is 5.76 Å². The lowest BCUT2D eigenvalue weighted by atomic mass is 10.1. The van der Waals surface area contributed by atoms with Gasteiger partial charge in [-0.2, -0.15) is 18.4 Å². The van der Waals surface area contributed by atoms with E-state index in [0.29, 0.717) is 17.5 Å². The van der Waals surface area contributed by atoms with Crippen LogP contribution in [0.5, 0.6) is 5.75 Å². The number of nitrogens with one attached hydrogen (secondary N) is 2. The third kappa shape index (κ3) is 4.58. The lowest BCUT2D eigenvalue weighted by molar-refractivity contribution is -0.276. The van der Waals surface area contributed by atoms with Gasteiger partial charge in [-0.3, -0.25) is 0 Å². The Morgan fingerprint density at radius 2 is 1.81 bits per heavy atom. The molecule has 2 heterocycles. The number of benzene rings is 2. The number of aromatic amines is 1. The molecule has 4 aromatic rings. The van der Waals surface area contributed by atoms with Gasteiger partial charge in [0.2, 0.25) is 5.82 Å². The van der Waals surface area contributed by atoms with Crippen molar-refractivity contribution in [3.63, 3.8) is 0 Å². The fourth-order valence-corrected chi connectivity index (χ4v) is 2.89. The predicted molar refractivity (Wildman–Crippen MR) is 94.8 cm³/mol. The van der Waals surface area contributed by atoms with Gasteiger partial charge in [-0.05, 0) is 41.6 Å². The van der Waals surface area contributed by atoms with Gasteiger partial charge >= 0.3 is 12.5 Å². The number of H-pyrrole nitrogens is 1. The van der Waals surface area contributed by atoms with Crippen molar-refractivity contribution in [2.24, 2.45) is 0 Å². The average molecular weight is 461 g/mol. The largest absolute Gasteiger partial charge is 0.573 e. The number of ether oxygens (including phenoxy) is 1. The van der Waals surface area contributed by atoms with Crippen molar-refractivity contribution in [1.82, 2.24) is 20.6 Å². The number of tetrazole rings is 1. The summed E-state index contributed by atoms with van der Waals surface area (Å²) in [5.74, 6) is -1.72. The Balaban J connectivity index is 1.58. The van der Waals surface area contributed by atoms with E-state index in [4.69, 9.17) is 4.42 Å². The molecule has 0 fully saturated rings. The molecule has 2 aromatic heterocycles. The van der Waals surface area contributed by atoms with Gasteiger partial charge in [-0.15, -0.1) is 23.4 Å². The molecule has 32 heavy (non-hydrogen) atoms. The molecule has 0 unspecified atom stereocenters. The van der Waals surface area contributed by atoms with Crippen LogP contribution in [0, 0.1) is 5.82 Å². The van der Waals surface area contributed by atoms with E-state index in [-0.39, 0.29) is 35.0 Å². The fraction of sp³-hybridized carbons (Fsp3) is 0.167. The van der Waals surface area contributed by atoms with Crippen LogP contribution in [0.2, 0.25) is 0 Å². The Labute approximate surface area is 173 Å². The summed E-state index contributed by atoms with van der Waals surface area (Å²) in [6, 6.07) is 5.89. The first-order valence-electron chi connectivity index (χ1n) is 8.66. The highest BCUT2D eigenvalue weighted by Gasteiger charge is 2.39. The first-order chi connectivity index (χ1) is 15.0. The normalized spacial score (nSPS) is 12.3. The molecular weight excluding hydrogens is 451 g/mol.